The number of carbonyl (C=O) groups excluding carboxylic acids is 3. The highest BCUT2D eigenvalue weighted by atomic mass is 28.4. The van der Waals surface area contributed by atoms with E-state index in [9.17, 15) is 24.5 Å². The van der Waals surface area contributed by atoms with Gasteiger partial charge in [-0.3, -0.25) is 24.6 Å². The molecule has 0 spiro atoms. The van der Waals surface area contributed by atoms with Gasteiger partial charge in [-0.05, 0) is 66.7 Å². The van der Waals surface area contributed by atoms with Gasteiger partial charge in [-0.2, -0.15) is 0 Å². The predicted molar refractivity (Wildman–Crippen MR) is 161 cm³/mol. The van der Waals surface area contributed by atoms with Gasteiger partial charge < -0.3 is 14.1 Å². The highest BCUT2D eigenvalue weighted by molar-refractivity contribution is 6.74. The van der Waals surface area contributed by atoms with Crippen molar-refractivity contribution in [1.29, 1.82) is 0 Å². The van der Waals surface area contributed by atoms with E-state index >= 15 is 0 Å². The van der Waals surface area contributed by atoms with E-state index < -0.39 is 19.3 Å². The summed E-state index contributed by atoms with van der Waals surface area (Å²) in [6.07, 6.45) is 2.04. The van der Waals surface area contributed by atoms with Crippen molar-refractivity contribution >= 4 is 31.9 Å². The molecule has 3 atom stereocenters. The fourth-order valence-corrected chi connectivity index (χ4v) is 6.61. The number of imide groups is 1. The van der Waals surface area contributed by atoms with Crippen LogP contribution in [0, 0.1) is 16.0 Å². The summed E-state index contributed by atoms with van der Waals surface area (Å²) < 4.78 is 12.4. The van der Waals surface area contributed by atoms with Gasteiger partial charge in [0.25, 0.3) is 17.5 Å². The molecule has 2 aliphatic rings. The quantitative estimate of drug-likeness (QED) is 0.106. The van der Waals surface area contributed by atoms with E-state index in [-0.39, 0.29) is 53.8 Å². The van der Waals surface area contributed by atoms with Crippen LogP contribution < -0.4 is 0 Å². The van der Waals surface area contributed by atoms with E-state index in [0.29, 0.717) is 36.1 Å². The maximum atomic E-state index is 13.4. The zero-order valence-corrected chi connectivity index (χ0v) is 25.9. The van der Waals surface area contributed by atoms with E-state index in [1.807, 2.05) is 0 Å². The Morgan fingerprint density at radius 3 is 2.24 bits per heavy atom. The third-order valence-corrected chi connectivity index (χ3v) is 13.2. The van der Waals surface area contributed by atoms with Gasteiger partial charge >= 0.3 is 6.09 Å². The first-order valence-corrected chi connectivity index (χ1v) is 17.1. The van der Waals surface area contributed by atoms with Gasteiger partial charge in [-0.15, -0.1) is 6.58 Å². The molecule has 3 amide bonds. The van der Waals surface area contributed by atoms with E-state index in [4.69, 9.17) is 9.16 Å². The Labute approximate surface area is 247 Å². The molecule has 11 heteroatoms. The van der Waals surface area contributed by atoms with Gasteiger partial charge in [0, 0.05) is 31.3 Å². The van der Waals surface area contributed by atoms with Crippen LogP contribution in [-0.4, -0.2) is 66.2 Å². The van der Waals surface area contributed by atoms with Crippen LogP contribution in [0.2, 0.25) is 18.1 Å². The van der Waals surface area contributed by atoms with Crippen molar-refractivity contribution in [3.05, 3.63) is 88.0 Å². The highest BCUT2D eigenvalue weighted by Crippen LogP contribution is 2.40. The second-order valence-corrected chi connectivity index (χ2v) is 17.2. The van der Waals surface area contributed by atoms with E-state index in [0.717, 1.165) is 0 Å². The number of hydrogen-bond acceptors (Lipinski definition) is 7. The van der Waals surface area contributed by atoms with E-state index in [1.165, 1.54) is 17.0 Å². The molecule has 0 aromatic heterocycles. The molecule has 0 radical (unpaired) electrons. The summed E-state index contributed by atoms with van der Waals surface area (Å²) in [4.78, 5) is 52.7. The number of amides is 3. The smallest absolute Gasteiger partial charge is 0.410 e. The van der Waals surface area contributed by atoms with Crippen LogP contribution in [0.5, 0.6) is 0 Å². The summed E-state index contributed by atoms with van der Waals surface area (Å²) >= 11 is 0. The Morgan fingerprint density at radius 1 is 1.12 bits per heavy atom. The molecule has 0 aliphatic carbocycles. The number of benzene rings is 2. The molecular weight excluding hydrogens is 554 g/mol. The normalized spacial score (nSPS) is 19.5. The molecule has 3 unspecified atom stereocenters. The molecule has 0 bridgehead atoms. The van der Waals surface area contributed by atoms with E-state index in [2.05, 4.69) is 40.4 Å². The fourth-order valence-electron chi connectivity index (χ4n) is 5.25. The lowest BCUT2D eigenvalue weighted by atomic mass is 9.93. The van der Waals surface area contributed by atoms with Gasteiger partial charge in [-0.25, -0.2) is 4.79 Å². The average Bonchev–Trinajstić information content (AvgIpc) is 3.45. The molecule has 42 heavy (non-hydrogen) atoms. The Bertz CT molecular complexity index is 1330. The lowest BCUT2D eigenvalue weighted by Crippen LogP contribution is -2.45. The number of hydrogen-bond donors (Lipinski definition) is 0. The van der Waals surface area contributed by atoms with Crippen molar-refractivity contribution in [3.63, 3.8) is 0 Å². The lowest BCUT2D eigenvalue weighted by molar-refractivity contribution is -0.384. The molecule has 1 saturated heterocycles. The van der Waals surface area contributed by atoms with Gasteiger partial charge in [-0.1, -0.05) is 39.0 Å². The summed E-state index contributed by atoms with van der Waals surface area (Å²) in [5.74, 6) is -0.860. The van der Waals surface area contributed by atoms with Crippen molar-refractivity contribution in [3.8, 4) is 0 Å². The van der Waals surface area contributed by atoms with Crippen LogP contribution in [0.3, 0.4) is 0 Å². The van der Waals surface area contributed by atoms with Gasteiger partial charge in [0.2, 0.25) is 0 Å². The standard InChI is InChI=1S/C31H39N3O7Si/c1-7-22(16-17-32-28(35)25-10-8-9-11-26(25)29(32)36)27-18-24(41-42(5,6)31(2,3)4)19-33(27)30(37)40-20-21-12-14-23(15-13-21)34(38)39/h7-15,22,24,27H,1,16-20H2,2-6H3. The maximum Gasteiger partial charge on any atom is 0.410 e. The second kappa shape index (κ2) is 12.2. The van der Waals surface area contributed by atoms with Crippen LogP contribution in [0.15, 0.2) is 61.2 Å². The number of fused-ring (bicyclic) bond motifs is 1. The Hall–Kier alpha value is -3.83. The molecule has 10 nitrogen and oxygen atoms in total. The van der Waals surface area contributed by atoms with Crippen LogP contribution in [0.4, 0.5) is 10.5 Å². The Morgan fingerprint density at radius 2 is 1.71 bits per heavy atom. The van der Waals surface area contributed by atoms with E-state index in [1.54, 1.807) is 47.4 Å². The van der Waals surface area contributed by atoms with Crippen molar-refractivity contribution in [2.45, 2.75) is 70.5 Å². The molecule has 2 heterocycles. The number of nitro groups is 1. The van der Waals surface area contributed by atoms with Crippen LogP contribution in [0.25, 0.3) is 0 Å². The zero-order chi connectivity index (χ0) is 30.8. The molecule has 0 saturated carbocycles. The lowest BCUT2D eigenvalue weighted by Gasteiger charge is -2.38. The number of likely N-dealkylation sites (tertiary alicyclic amines) is 1. The monoisotopic (exact) mass is 593 g/mol. The maximum absolute atomic E-state index is 13.4. The highest BCUT2D eigenvalue weighted by Gasteiger charge is 2.46. The average molecular weight is 594 g/mol. The van der Waals surface area contributed by atoms with Crippen LogP contribution in [0.1, 0.15) is 59.9 Å². The minimum absolute atomic E-state index is 0.0182. The van der Waals surface area contributed by atoms with Gasteiger partial charge in [0.05, 0.1) is 22.2 Å². The fraction of sp³-hybridized carbons (Fsp3) is 0.452. The largest absolute Gasteiger partial charge is 0.445 e. The molecular formula is C31H39N3O7Si. The third kappa shape index (κ3) is 6.47. The third-order valence-electron chi connectivity index (χ3n) is 8.68. The summed E-state index contributed by atoms with van der Waals surface area (Å²) in [5.41, 5.74) is 1.39. The van der Waals surface area contributed by atoms with Crippen molar-refractivity contribution in [2.75, 3.05) is 13.1 Å². The number of nitrogens with zero attached hydrogens (tertiary/aromatic N) is 3. The minimum Gasteiger partial charge on any atom is -0.445 e. The van der Waals surface area contributed by atoms with Crippen molar-refractivity contribution in [1.82, 2.24) is 9.80 Å². The topological polar surface area (TPSA) is 119 Å². The number of nitro benzene ring substituents is 1. The molecule has 1 fully saturated rings. The SMILES string of the molecule is C=CC(CCN1C(=O)c2ccccc2C1=O)C1CC(O[Si](C)(C)C(C)(C)C)CN1C(=O)OCc1ccc([N+](=O)[O-])cc1. The first-order valence-electron chi connectivity index (χ1n) is 14.2. The van der Waals surface area contributed by atoms with Crippen LogP contribution >= 0.6 is 0 Å². The summed E-state index contributed by atoms with van der Waals surface area (Å²) in [7, 11) is -2.15. The zero-order valence-electron chi connectivity index (χ0n) is 24.9. The number of rotatable bonds is 10. The number of ether oxygens (including phenoxy) is 1. The molecule has 4 rings (SSSR count). The summed E-state index contributed by atoms with van der Waals surface area (Å²) in [6, 6.07) is 12.3. The van der Waals surface area contributed by atoms with Crippen molar-refractivity contribution in [2.24, 2.45) is 5.92 Å². The van der Waals surface area contributed by atoms with Crippen LogP contribution in [-0.2, 0) is 15.8 Å². The Balaban J connectivity index is 1.49. The molecule has 2 aliphatic heterocycles. The minimum atomic E-state index is -2.15. The molecule has 0 N–H and O–H groups in total. The Kier molecular flexibility index (Phi) is 9.03. The summed E-state index contributed by atoms with van der Waals surface area (Å²) in [6.45, 7) is 15.3. The molecule has 2 aromatic carbocycles. The first-order chi connectivity index (χ1) is 19.7. The molecule has 2 aromatic rings. The van der Waals surface area contributed by atoms with Crippen molar-refractivity contribution < 1.29 is 28.5 Å². The predicted octanol–water partition coefficient (Wildman–Crippen LogP) is 6.18. The van der Waals surface area contributed by atoms with Gasteiger partial charge in [0.15, 0.2) is 8.32 Å². The van der Waals surface area contributed by atoms with Gasteiger partial charge in [0.1, 0.15) is 6.61 Å². The number of carbonyl (C=O) groups is 3. The molecule has 224 valence electrons. The summed E-state index contributed by atoms with van der Waals surface area (Å²) in [5, 5.41) is 10.9. The second-order valence-electron chi connectivity index (χ2n) is 12.4. The number of non-ortho nitro benzene ring substituents is 1. The first kappa shape index (κ1) is 31.1.